The van der Waals surface area contributed by atoms with Gasteiger partial charge in [-0.1, -0.05) is 44.0 Å². The molecule has 0 amide bonds. The fourth-order valence-electron chi connectivity index (χ4n) is 3.07. The summed E-state index contributed by atoms with van der Waals surface area (Å²) in [5, 5.41) is 15.0. The molecule has 4 N–H and O–H groups in total. The molecule has 0 spiro atoms. The highest BCUT2D eigenvalue weighted by molar-refractivity contribution is 5.97. The van der Waals surface area contributed by atoms with Gasteiger partial charge in [0, 0.05) is 18.2 Å². The minimum absolute atomic E-state index is 0.139. The smallest absolute Gasteiger partial charge is 0.173 e. The number of nitrogens with zero attached hydrogens (tertiary/aromatic N) is 1. The van der Waals surface area contributed by atoms with Crippen molar-refractivity contribution >= 4 is 5.84 Å². The zero-order valence-corrected chi connectivity index (χ0v) is 12.7. The molecule has 1 aliphatic carbocycles. The number of halogens is 1. The van der Waals surface area contributed by atoms with E-state index in [9.17, 15) is 4.39 Å². The molecular formula is C16H24FN3O. The third kappa shape index (κ3) is 3.53. The van der Waals surface area contributed by atoms with Crippen molar-refractivity contribution in [2.75, 3.05) is 0 Å². The Hall–Kier alpha value is -1.62. The van der Waals surface area contributed by atoms with Crippen LogP contribution in [0.3, 0.4) is 0 Å². The minimum Gasteiger partial charge on any atom is -0.409 e. The topological polar surface area (TPSA) is 70.6 Å². The van der Waals surface area contributed by atoms with Crippen LogP contribution >= 0.6 is 0 Å². The van der Waals surface area contributed by atoms with Gasteiger partial charge in [-0.25, -0.2) is 4.39 Å². The predicted octanol–water partition coefficient (Wildman–Crippen LogP) is 2.98. The molecule has 0 radical (unpaired) electrons. The van der Waals surface area contributed by atoms with Gasteiger partial charge in [0.1, 0.15) is 5.82 Å². The number of nitrogens with one attached hydrogen (secondary N) is 1. The van der Waals surface area contributed by atoms with Crippen LogP contribution in [0.4, 0.5) is 4.39 Å². The van der Waals surface area contributed by atoms with Gasteiger partial charge in [-0.05, 0) is 24.3 Å². The Morgan fingerprint density at radius 1 is 1.48 bits per heavy atom. The van der Waals surface area contributed by atoms with Crippen LogP contribution in [0.15, 0.2) is 23.4 Å². The second-order valence-corrected chi connectivity index (χ2v) is 6.43. The molecule has 1 aromatic rings. The normalized spacial score (nSPS) is 22.2. The maximum Gasteiger partial charge on any atom is 0.173 e. The van der Waals surface area contributed by atoms with Gasteiger partial charge in [0.25, 0.3) is 0 Å². The lowest BCUT2D eigenvalue weighted by Gasteiger charge is -2.39. The van der Waals surface area contributed by atoms with Gasteiger partial charge in [-0.3, -0.25) is 0 Å². The van der Waals surface area contributed by atoms with Crippen LogP contribution < -0.4 is 11.1 Å². The van der Waals surface area contributed by atoms with Gasteiger partial charge in [0.2, 0.25) is 0 Å². The number of benzene rings is 1. The second-order valence-electron chi connectivity index (χ2n) is 6.43. The minimum atomic E-state index is -0.422. The average molecular weight is 293 g/mol. The highest BCUT2D eigenvalue weighted by atomic mass is 19.1. The maximum atomic E-state index is 14.3. The van der Waals surface area contributed by atoms with Crippen molar-refractivity contribution in [1.82, 2.24) is 5.32 Å². The van der Waals surface area contributed by atoms with Crippen molar-refractivity contribution in [3.8, 4) is 0 Å². The summed E-state index contributed by atoms with van der Waals surface area (Å²) in [6, 6.07) is 5.35. The first-order chi connectivity index (χ1) is 9.95. The van der Waals surface area contributed by atoms with Crippen molar-refractivity contribution in [3.63, 3.8) is 0 Å². The Morgan fingerprint density at radius 3 is 2.90 bits per heavy atom. The Kier molecular flexibility index (Phi) is 4.83. The summed E-state index contributed by atoms with van der Waals surface area (Å²) in [7, 11) is 0. The molecule has 1 aromatic carbocycles. The molecule has 2 rings (SSSR count). The van der Waals surface area contributed by atoms with E-state index in [0.29, 0.717) is 18.2 Å². The largest absolute Gasteiger partial charge is 0.409 e. The van der Waals surface area contributed by atoms with Gasteiger partial charge >= 0.3 is 0 Å². The molecule has 0 aromatic heterocycles. The number of oxime groups is 1. The zero-order valence-electron chi connectivity index (χ0n) is 12.7. The third-order valence-electron chi connectivity index (χ3n) is 4.51. The Balaban J connectivity index is 2.10. The predicted molar refractivity (Wildman–Crippen MR) is 81.8 cm³/mol. The highest BCUT2D eigenvalue weighted by Crippen LogP contribution is 2.35. The van der Waals surface area contributed by atoms with E-state index >= 15 is 0 Å². The fourth-order valence-corrected chi connectivity index (χ4v) is 3.07. The molecule has 0 saturated heterocycles. The van der Waals surface area contributed by atoms with Crippen LogP contribution in [0.1, 0.15) is 50.7 Å². The van der Waals surface area contributed by atoms with Crippen molar-refractivity contribution in [2.45, 2.75) is 52.1 Å². The van der Waals surface area contributed by atoms with Gasteiger partial charge in [0.05, 0.1) is 5.56 Å². The van der Waals surface area contributed by atoms with Crippen LogP contribution in [0, 0.1) is 11.2 Å². The summed E-state index contributed by atoms with van der Waals surface area (Å²) in [6.45, 7) is 4.96. The molecule has 0 bridgehead atoms. The van der Waals surface area contributed by atoms with Crippen LogP contribution in [0.2, 0.25) is 0 Å². The average Bonchev–Trinajstić information content (AvgIpc) is 2.46. The molecular weight excluding hydrogens is 269 g/mol. The van der Waals surface area contributed by atoms with Gasteiger partial charge in [0.15, 0.2) is 5.84 Å². The van der Waals surface area contributed by atoms with Crippen LogP contribution in [-0.2, 0) is 6.54 Å². The van der Waals surface area contributed by atoms with Crippen LogP contribution in [-0.4, -0.2) is 17.1 Å². The summed E-state index contributed by atoms with van der Waals surface area (Å²) in [6.07, 6.45) is 4.79. The molecule has 4 nitrogen and oxygen atoms in total. The van der Waals surface area contributed by atoms with E-state index < -0.39 is 5.82 Å². The fraction of sp³-hybridized carbons (Fsp3) is 0.562. The molecule has 0 heterocycles. The van der Waals surface area contributed by atoms with Crippen LogP contribution in [0.25, 0.3) is 0 Å². The van der Waals surface area contributed by atoms with E-state index in [4.69, 9.17) is 10.9 Å². The lowest BCUT2D eigenvalue weighted by Crippen LogP contribution is -2.43. The molecule has 1 unspecified atom stereocenters. The highest BCUT2D eigenvalue weighted by Gasteiger charge is 2.31. The Labute approximate surface area is 125 Å². The van der Waals surface area contributed by atoms with Crippen molar-refractivity contribution in [1.29, 1.82) is 0 Å². The first-order valence-corrected chi connectivity index (χ1v) is 7.44. The summed E-state index contributed by atoms with van der Waals surface area (Å²) in [5.74, 6) is -0.624. The summed E-state index contributed by atoms with van der Waals surface area (Å²) in [4.78, 5) is 0. The number of hydrogen-bond donors (Lipinski definition) is 3. The zero-order chi connectivity index (χ0) is 15.5. The molecule has 1 atom stereocenters. The van der Waals surface area contributed by atoms with E-state index in [-0.39, 0.29) is 16.8 Å². The quantitative estimate of drug-likeness (QED) is 0.346. The molecule has 1 fully saturated rings. The first kappa shape index (κ1) is 15.8. The lowest BCUT2D eigenvalue weighted by molar-refractivity contribution is 0.166. The van der Waals surface area contributed by atoms with E-state index in [1.54, 1.807) is 12.1 Å². The summed E-state index contributed by atoms with van der Waals surface area (Å²) < 4.78 is 14.3. The molecule has 116 valence electrons. The van der Waals surface area contributed by atoms with Crippen molar-refractivity contribution < 1.29 is 9.60 Å². The number of rotatable bonds is 4. The second kappa shape index (κ2) is 6.43. The Bertz CT molecular complexity index is 528. The number of hydrogen-bond acceptors (Lipinski definition) is 3. The monoisotopic (exact) mass is 293 g/mol. The van der Waals surface area contributed by atoms with Gasteiger partial charge in [-0.15, -0.1) is 0 Å². The molecule has 21 heavy (non-hydrogen) atoms. The molecule has 1 aliphatic rings. The summed E-state index contributed by atoms with van der Waals surface area (Å²) in [5.41, 5.74) is 6.40. The summed E-state index contributed by atoms with van der Waals surface area (Å²) >= 11 is 0. The third-order valence-corrected chi connectivity index (χ3v) is 4.51. The first-order valence-electron chi connectivity index (χ1n) is 7.44. The van der Waals surface area contributed by atoms with Gasteiger partial charge < -0.3 is 16.3 Å². The van der Waals surface area contributed by atoms with Crippen LogP contribution in [0.5, 0.6) is 0 Å². The maximum absolute atomic E-state index is 14.3. The van der Waals surface area contributed by atoms with Gasteiger partial charge in [-0.2, -0.15) is 0 Å². The van der Waals surface area contributed by atoms with Crippen molar-refractivity contribution in [3.05, 3.63) is 35.1 Å². The van der Waals surface area contributed by atoms with Crippen molar-refractivity contribution in [2.24, 2.45) is 16.3 Å². The van der Waals surface area contributed by atoms with E-state index in [1.807, 2.05) is 0 Å². The standard InChI is InChI=1S/C16H24FN3O/c1-16(2)9-4-3-8-13(16)19-10-11-6-5-7-12(14(11)17)15(18)20-21/h5-7,13,19,21H,3-4,8-10H2,1-2H3,(H2,18,20). The Morgan fingerprint density at radius 2 is 2.24 bits per heavy atom. The molecule has 1 saturated carbocycles. The lowest BCUT2D eigenvalue weighted by atomic mass is 9.73. The molecule has 0 aliphatic heterocycles. The van der Waals surface area contributed by atoms with E-state index in [2.05, 4.69) is 24.3 Å². The SMILES string of the molecule is CC1(C)CCCCC1NCc1cccc(/C(N)=N/O)c1F. The number of nitrogens with two attached hydrogens (primary N) is 1. The van der Waals surface area contributed by atoms with E-state index in [0.717, 1.165) is 6.42 Å². The van der Waals surface area contributed by atoms with E-state index in [1.165, 1.54) is 25.3 Å². The number of amidine groups is 1. The molecule has 5 heteroatoms.